The molecule has 7 atom stereocenters. The fourth-order valence-electron chi connectivity index (χ4n) is 7.34. The molecule has 0 radical (unpaired) electrons. The number of ether oxygens (including phenoxy) is 2. The van der Waals surface area contributed by atoms with Crippen LogP contribution in [0.3, 0.4) is 0 Å². The molecule has 0 spiro atoms. The van der Waals surface area contributed by atoms with E-state index in [2.05, 4.69) is 17.8 Å². The second-order valence-corrected chi connectivity index (χ2v) is 10.8. The number of hydrogen-bond donors (Lipinski definition) is 2. The molecular formula is C25H33NO10. The van der Waals surface area contributed by atoms with Crippen molar-refractivity contribution < 1.29 is 44.0 Å². The molecule has 11 nitrogen and oxygen atoms in total. The molecule has 0 aromatic carbocycles. The van der Waals surface area contributed by atoms with Crippen molar-refractivity contribution in [3.8, 4) is 0 Å². The number of ketones is 2. The summed E-state index contributed by atoms with van der Waals surface area (Å²) >= 11 is 0. The largest absolute Gasteiger partial charge is 0.508 e. The average Bonchev–Trinajstić information content (AvgIpc) is 3.08. The van der Waals surface area contributed by atoms with Crippen LogP contribution in [0.15, 0.2) is 23.8 Å². The lowest BCUT2D eigenvalue weighted by Crippen LogP contribution is -2.61. The van der Waals surface area contributed by atoms with Gasteiger partial charge in [0.1, 0.15) is 5.60 Å². The zero-order valence-corrected chi connectivity index (χ0v) is 20.5. The van der Waals surface area contributed by atoms with Crippen LogP contribution in [0.25, 0.3) is 0 Å². The van der Waals surface area contributed by atoms with E-state index in [1.165, 1.54) is 0 Å². The van der Waals surface area contributed by atoms with Crippen LogP contribution >= 0.6 is 0 Å². The van der Waals surface area contributed by atoms with Gasteiger partial charge in [0.25, 0.3) is 5.09 Å². The predicted octanol–water partition coefficient (Wildman–Crippen LogP) is 2.32. The first-order chi connectivity index (χ1) is 16.9. The second-order valence-electron chi connectivity index (χ2n) is 10.8. The molecule has 0 bridgehead atoms. The fourth-order valence-corrected chi connectivity index (χ4v) is 7.34. The summed E-state index contributed by atoms with van der Waals surface area (Å²) in [5.41, 5.74) is -2.10. The van der Waals surface area contributed by atoms with E-state index in [0.717, 1.165) is 5.57 Å². The van der Waals surface area contributed by atoms with Gasteiger partial charge < -0.3 is 24.5 Å². The molecule has 36 heavy (non-hydrogen) atoms. The molecule has 11 heteroatoms. The summed E-state index contributed by atoms with van der Waals surface area (Å²) in [5, 5.41) is 32.1. The Labute approximate surface area is 208 Å². The third kappa shape index (κ3) is 4.32. The molecule has 4 aliphatic rings. The maximum absolute atomic E-state index is 13.2. The summed E-state index contributed by atoms with van der Waals surface area (Å²) in [6, 6.07) is 0. The van der Waals surface area contributed by atoms with Crippen LogP contribution in [-0.4, -0.2) is 64.5 Å². The van der Waals surface area contributed by atoms with Crippen molar-refractivity contribution in [2.75, 3.05) is 19.8 Å². The summed E-state index contributed by atoms with van der Waals surface area (Å²) in [6.07, 6.45) is 5.79. The van der Waals surface area contributed by atoms with Crippen LogP contribution in [-0.2, 0) is 23.9 Å². The molecule has 198 valence electrons. The van der Waals surface area contributed by atoms with Gasteiger partial charge in [0.2, 0.25) is 5.78 Å². The van der Waals surface area contributed by atoms with Crippen molar-refractivity contribution in [3.05, 3.63) is 33.9 Å². The van der Waals surface area contributed by atoms with Crippen LogP contribution in [0.4, 0.5) is 4.79 Å². The number of carbonyl (C=O) groups is 3. The number of fused-ring (bicyclic) bond motifs is 5. The Hall–Kier alpha value is -2.79. The number of nitrogens with zero attached hydrogens (tertiary/aromatic N) is 1. The van der Waals surface area contributed by atoms with Gasteiger partial charge in [0, 0.05) is 29.6 Å². The predicted molar refractivity (Wildman–Crippen MR) is 123 cm³/mol. The van der Waals surface area contributed by atoms with E-state index in [1.807, 2.05) is 13.0 Å². The highest BCUT2D eigenvalue weighted by Crippen LogP contribution is 2.66. The number of rotatable bonds is 8. The number of Topliss-reactive ketones (excluding diaryl/α,β-unsaturated/α-hetero) is 1. The highest BCUT2D eigenvalue weighted by Gasteiger charge is 2.68. The summed E-state index contributed by atoms with van der Waals surface area (Å²) < 4.78 is 9.69. The first-order valence-electron chi connectivity index (χ1n) is 12.3. The molecule has 0 aliphatic heterocycles. The van der Waals surface area contributed by atoms with Gasteiger partial charge in [-0.2, -0.15) is 0 Å². The molecule has 0 amide bonds. The van der Waals surface area contributed by atoms with Gasteiger partial charge in [-0.05, 0) is 43.6 Å². The van der Waals surface area contributed by atoms with Crippen molar-refractivity contribution in [1.29, 1.82) is 0 Å². The Balaban J connectivity index is 1.42. The Kier molecular flexibility index (Phi) is 7.00. The maximum atomic E-state index is 13.2. The minimum absolute atomic E-state index is 0.0273. The van der Waals surface area contributed by atoms with Gasteiger partial charge >= 0.3 is 6.16 Å². The van der Waals surface area contributed by atoms with Crippen LogP contribution < -0.4 is 0 Å². The molecule has 2 fully saturated rings. The van der Waals surface area contributed by atoms with Crippen molar-refractivity contribution in [2.45, 2.75) is 64.1 Å². The van der Waals surface area contributed by atoms with Crippen LogP contribution in [0, 0.1) is 38.7 Å². The molecular weight excluding hydrogens is 474 g/mol. The van der Waals surface area contributed by atoms with Gasteiger partial charge in [0.15, 0.2) is 12.4 Å². The Morgan fingerprint density at radius 1 is 1.25 bits per heavy atom. The first kappa shape index (κ1) is 26.3. The number of aliphatic hydroxyl groups excluding tert-OH is 1. The second kappa shape index (κ2) is 9.59. The summed E-state index contributed by atoms with van der Waals surface area (Å²) in [6.45, 7) is 2.77. The monoisotopic (exact) mass is 507 g/mol. The molecule has 0 saturated heterocycles. The number of allylic oxidation sites excluding steroid dienone is 4. The van der Waals surface area contributed by atoms with Crippen molar-refractivity contribution >= 4 is 17.7 Å². The number of aliphatic hydroxyl groups is 2. The van der Waals surface area contributed by atoms with Gasteiger partial charge in [-0.15, -0.1) is 10.1 Å². The van der Waals surface area contributed by atoms with Gasteiger partial charge in [0.05, 0.1) is 19.3 Å². The summed E-state index contributed by atoms with van der Waals surface area (Å²) in [4.78, 5) is 51.2. The third-order valence-electron chi connectivity index (χ3n) is 9.09. The Morgan fingerprint density at radius 2 is 2.00 bits per heavy atom. The van der Waals surface area contributed by atoms with E-state index in [1.54, 1.807) is 6.08 Å². The van der Waals surface area contributed by atoms with Crippen LogP contribution in [0.1, 0.15) is 52.4 Å². The summed E-state index contributed by atoms with van der Waals surface area (Å²) in [5.74, 6) is -0.721. The molecule has 0 aromatic rings. The zero-order valence-electron chi connectivity index (χ0n) is 20.5. The highest BCUT2D eigenvalue weighted by molar-refractivity contribution is 5.93. The Bertz CT molecular complexity index is 1010. The lowest BCUT2D eigenvalue weighted by molar-refractivity contribution is -0.757. The molecule has 4 aliphatic carbocycles. The molecule has 0 unspecified atom stereocenters. The van der Waals surface area contributed by atoms with E-state index in [0.29, 0.717) is 19.3 Å². The molecule has 4 rings (SSSR count). The molecule has 0 aromatic heterocycles. The van der Waals surface area contributed by atoms with Crippen LogP contribution in [0.5, 0.6) is 0 Å². The normalized spacial score (nSPS) is 38.8. The van der Waals surface area contributed by atoms with E-state index < -0.39 is 46.2 Å². The fraction of sp³-hybridized carbons (Fsp3) is 0.720. The van der Waals surface area contributed by atoms with E-state index >= 15 is 0 Å². The molecule has 0 heterocycles. The Morgan fingerprint density at radius 3 is 2.72 bits per heavy atom. The zero-order chi connectivity index (χ0) is 26.3. The van der Waals surface area contributed by atoms with Gasteiger partial charge in [-0.3, -0.25) is 9.59 Å². The number of carbonyl (C=O) groups excluding carboxylic acids is 3. The van der Waals surface area contributed by atoms with Crippen molar-refractivity contribution in [1.82, 2.24) is 0 Å². The van der Waals surface area contributed by atoms with Crippen molar-refractivity contribution in [3.63, 3.8) is 0 Å². The van der Waals surface area contributed by atoms with E-state index in [4.69, 9.17) is 9.47 Å². The maximum Gasteiger partial charge on any atom is 0.508 e. The van der Waals surface area contributed by atoms with Crippen molar-refractivity contribution in [2.24, 2.45) is 28.6 Å². The van der Waals surface area contributed by atoms with Crippen LogP contribution in [0.2, 0.25) is 0 Å². The lowest BCUT2D eigenvalue weighted by atomic mass is 9.47. The topological polar surface area (TPSA) is 163 Å². The third-order valence-corrected chi connectivity index (χ3v) is 9.09. The highest BCUT2D eigenvalue weighted by atomic mass is 16.9. The van der Waals surface area contributed by atoms with Gasteiger partial charge in [-0.1, -0.05) is 31.6 Å². The molecule has 2 saturated carbocycles. The minimum Gasteiger partial charge on any atom is -0.434 e. The standard InChI is InChI=1S/C25H33NO10/c1-23-8-6-16(27)12-15(23)4-5-17-18-7-9-25(31,24(18,2)13-19(28)21(17)23)20(29)14-35-22(30)34-10-3-11-36-26(32)33/h4,6,8,17-19,21,28,31H,3,5,7,9-14H2,1-2H3/t17-,18-,19-,21+,23-,24-,25-/m0/s1. The average molecular weight is 508 g/mol. The lowest BCUT2D eigenvalue weighted by Gasteiger charge is -2.58. The van der Waals surface area contributed by atoms with Gasteiger partial charge in [-0.25, -0.2) is 4.79 Å². The molecule has 2 N–H and O–H groups in total. The summed E-state index contributed by atoms with van der Waals surface area (Å²) in [7, 11) is 0. The first-order valence-corrected chi connectivity index (χ1v) is 12.3. The number of hydrogen-bond acceptors (Lipinski definition) is 10. The SMILES string of the molecule is C[C@]12C=CC(=O)CC1=CC[C@@H]1[C@@H]2[C@@H](O)C[C@@]2(C)[C@H]1CC[C@]2(O)C(=O)COC(=O)OCCCO[N+](=O)[O-]. The van der Waals surface area contributed by atoms with E-state index in [9.17, 15) is 34.7 Å². The smallest absolute Gasteiger partial charge is 0.434 e. The van der Waals surface area contributed by atoms with E-state index in [-0.39, 0.29) is 56.0 Å². The quantitative estimate of drug-likeness (QED) is 0.164. The minimum atomic E-state index is -1.77.